The van der Waals surface area contributed by atoms with E-state index in [2.05, 4.69) is 5.92 Å². The smallest absolute Gasteiger partial charge is 0.250 e. The van der Waals surface area contributed by atoms with E-state index in [-0.39, 0.29) is 12.8 Å². The van der Waals surface area contributed by atoms with Gasteiger partial charge in [0.2, 0.25) is 0 Å². The maximum atomic E-state index is 12.8. The Morgan fingerprint density at radius 1 is 1.31 bits per heavy atom. The standard InChI is InChI=1S/C10H15F2N/c1-4-9(2,3)13-7-5-10(11,12)6-8-13/h1H,5-8H2,2-3H3. The second-order valence-electron chi connectivity index (χ2n) is 4.05. The number of piperidine rings is 1. The van der Waals surface area contributed by atoms with E-state index in [1.165, 1.54) is 0 Å². The Bertz CT molecular complexity index is 218. The summed E-state index contributed by atoms with van der Waals surface area (Å²) in [4.78, 5) is 1.93. The highest BCUT2D eigenvalue weighted by Crippen LogP contribution is 2.30. The van der Waals surface area contributed by atoms with Crippen LogP contribution in [0.3, 0.4) is 0 Å². The van der Waals surface area contributed by atoms with Crippen LogP contribution in [0.2, 0.25) is 0 Å². The fourth-order valence-electron chi connectivity index (χ4n) is 1.48. The highest BCUT2D eigenvalue weighted by Gasteiger charge is 2.38. The molecular formula is C10H15F2N. The maximum Gasteiger partial charge on any atom is 0.250 e. The van der Waals surface area contributed by atoms with Gasteiger partial charge in [0.15, 0.2) is 0 Å². The zero-order valence-electron chi connectivity index (χ0n) is 8.11. The van der Waals surface area contributed by atoms with Crippen LogP contribution in [0.25, 0.3) is 0 Å². The Morgan fingerprint density at radius 3 is 2.15 bits per heavy atom. The molecule has 74 valence electrons. The molecule has 0 atom stereocenters. The number of nitrogens with zero attached hydrogens (tertiary/aromatic N) is 1. The van der Waals surface area contributed by atoms with Gasteiger partial charge in [-0.3, -0.25) is 4.90 Å². The molecule has 0 aliphatic carbocycles. The van der Waals surface area contributed by atoms with Crippen LogP contribution in [-0.4, -0.2) is 29.5 Å². The molecule has 1 aliphatic rings. The predicted octanol–water partition coefficient (Wildman–Crippen LogP) is 2.13. The van der Waals surface area contributed by atoms with Crippen molar-refractivity contribution in [2.45, 2.75) is 38.2 Å². The highest BCUT2D eigenvalue weighted by atomic mass is 19.3. The van der Waals surface area contributed by atoms with Gasteiger partial charge in [-0.15, -0.1) is 6.42 Å². The zero-order valence-corrected chi connectivity index (χ0v) is 8.11. The molecular weight excluding hydrogens is 172 g/mol. The molecule has 1 rings (SSSR count). The molecule has 0 bridgehead atoms. The molecule has 0 aromatic heterocycles. The summed E-state index contributed by atoms with van der Waals surface area (Å²) < 4.78 is 25.6. The topological polar surface area (TPSA) is 3.24 Å². The number of hydrogen-bond donors (Lipinski definition) is 0. The molecule has 0 amide bonds. The fraction of sp³-hybridized carbons (Fsp3) is 0.800. The second kappa shape index (κ2) is 3.26. The van der Waals surface area contributed by atoms with Crippen molar-refractivity contribution < 1.29 is 8.78 Å². The van der Waals surface area contributed by atoms with Crippen LogP contribution in [0.15, 0.2) is 0 Å². The van der Waals surface area contributed by atoms with E-state index in [4.69, 9.17) is 6.42 Å². The summed E-state index contributed by atoms with van der Waals surface area (Å²) in [6.07, 6.45) is 5.18. The van der Waals surface area contributed by atoms with Gasteiger partial charge in [-0.2, -0.15) is 0 Å². The fourth-order valence-corrected chi connectivity index (χ4v) is 1.48. The summed E-state index contributed by atoms with van der Waals surface area (Å²) in [7, 11) is 0. The normalized spacial score (nSPS) is 23.9. The van der Waals surface area contributed by atoms with Crippen molar-refractivity contribution in [1.82, 2.24) is 4.90 Å². The summed E-state index contributed by atoms with van der Waals surface area (Å²) in [6.45, 7) is 4.56. The number of alkyl halides is 2. The number of terminal acetylenes is 1. The van der Waals surface area contributed by atoms with Gasteiger partial charge in [-0.1, -0.05) is 5.92 Å². The molecule has 1 fully saturated rings. The molecule has 0 radical (unpaired) electrons. The average Bonchev–Trinajstić information content (AvgIpc) is 2.04. The summed E-state index contributed by atoms with van der Waals surface area (Å²) in [5.41, 5.74) is -0.392. The van der Waals surface area contributed by atoms with Crippen molar-refractivity contribution in [2.24, 2.45) is 0 Å². The molecule has 1 nitrogen and oxygen atoms in total. The zero-order chi connectivity index (χ0) is 10.1. The Kier molecular flexibility index (Phi) is 2.63. The third-order valence-corrected chi connectivity index (χ3v) is 2.64. The Hall–Kier alpha value is -0.620. The number of likely N-dealkylation sites (tertiary alicyclic amines) is 1. The monoisotopic (exact) mass is 187 g/mol. The lowest BCUT2D eigenvalue weighted by molar-refractivity contribution is -0.0667. The van der Waals surface area contributed by atoms with E-state index in [1.807, 2.05) is 18.7 Å². The van der Waals surface area contributed by atoms with Gasteiger partial charge >= 0.3 is 0 Å². The van der Waals surface area contributed by atoms with Gasteiger partial charge in [-0.25, -0.2) is 8.78 Å². The molecule has 0 spiro atoms. The largest absolute Gasteiger partial charge is 0.287 e. The lowest BCUT2D eigenvalue weighted by Gasteiger charge is -2.39. The van der Waals surface area contributed by atoms with Crippen molar-refractivity contribution in [1.29, 1.82) is 0 Å². The number of rotatable bonds is 1. The van der Waals surface area contributed by atoms with Crippen molar-refractivity contribution in [3.63, 3.8) is 0 Å². The summed E-state index contributed by atoms with van der Waals surface area (Å²) in [5.74, 6) is 0.134. The van der Waals surface area contributed by atoms with Crippen molar-refractivity contribution in [3.8, 4) is 12.3 Å². The van der Waals surface area contributed by atoms with E-state index in [9.17, 15) is 8.78 Å². The average molecular weight is 187 g/mol. The first kappa shape index (κ1) is 10.5. The van der Waals surface area contributed by atoms with Crippen LogP contribution in [0.1, 0.15) is 26.7 Å². The number of halogens is 2. The van der Waals surface area contributed by atoms with Gasteiger partial charge in [-0.05, 0) is 13.8 Å². The lowest BCUT2D eigenvalue weighted by Crippen LogP contribution is -2.49. The van der Waals surface area contributed by atoms with Gasteiger partial charge in [0.1, 0.15) is 0 Å². The molecule has 0 unspecified atom stereocenters. The SMILES string of the molecule is C#CC(C)(C)N1CCC(F)(F)CC1. The van der Waals surface area contributed by atoms with E-state index in [1.54, 1.807) is 0 Å². The predicted molar refractivity (Wildman–Crippen MR) is 48.7 cm³/mol. The molecule has 0 N–H and O–H groups in total. The van der Waals surface area contributed by atoms with Crippen LogP contribution in [0.4, 0.5) is 8.78 Å². The van der Waals surface area contributed by atoms with Crippen LogP contribution in [0, 0.1) is 12.3 Å². The van der Waals surface area contributed by atoms with Crippen molar-refractivity contribution in [3.05, 3.63) is 0 Å². The van der Waals surface area contributed by atoms with Crippen LogP contribution < -0.4 is 0 Å². The van der Waals surface area contributed by atoms with E-state index < -0.39 is 11.5 Å². The minimum Gasteiger partial charge on any atom is -0.287 e. The van der Waals surface area contributed by atoms with E-state index in [0.29, 0.717) is 13.1 Å². The second-order valence-corrected chi connectivity index (χ2v) is 4.05. The number of hydrogen-bond acceptors (Lipinski definition) is 1. The molecule has 0 aromatic carbocycles. The Morgan fingerprint density at radius 2 is 1.77 bits per heavy atom. The third-order valence-electron chi connectivity index (χ3n) is 2.64. The highest BCUT2D eigenvalue weighted by molar-refractivity contribution is 5.09. The van der Waals surface area contributed by atoms with Gasteiger partial charge < -0.3 is 0 Å². The molecule has 13 heavy (non-hydrogen) atoms. The Balaban J connectivity index is 2.56. The van der Waals surface area contributed by atoms with Crippen LogP contribution in [-0.2, 0) is 0 Å². The molecule has 3 heteroatoms. The van der Waals surface area contributed by atoms with Crippen molar-refractivity contribution >= 4 is 0 Å². The molecule has 0 saturated carbocycles. The maximum absolute atomic E-state index is 12.8. The molecule has 1 heterocycles. The summed E-state index contributed by atoms with van der Waals surface area (Å²) in [5, 5.41) is 0. The van der Waals surface area contributed by atoms with E-state index in [0.717, 1.165) is 0 Å². The van der Waals surface area contributed by atoms with Gasteiger partial charge in [0.25, 0.3) is 5.92 Å². The molecule has 1 saturated heterocycles. The first-order valence-electron chi connectivity index (χ1n) is 4.48. The molecule has 0 aromatic rings. The summed E-state index contributed by atoms with van der Waals surface area (Å²) >= 11 is 0. The first-order valence-corrected chi connectivity index (χ1v) is 4.48. The Labute approximate surface area is 78.1 Å². The van der Waals surface area contributed by atoms with Gasteiger partial charge in [0.05, 0.1) is 5.54 Å². The minimum absolute atomic E-state index is 0.0713. The van der Waals surface area contributed by atoms with Crippen molar-refractivity contribution in [2.75, 3.05) is 13.1 Å². The van der Waals surface area contributed by atoms with Gasteiger partial charge in [0, 0.05) is 25.9 Å². The quantitative estimate of drug-likeness (QED) is 0.568. The van der Waals surface area contributed by atoms with Crippen LogP contribution in [0.5, 0.6) is 0 Å². The summed E-state index contributed by atoms with van der Waals surface area (Å²) in [6, 6.07) is 0. The van der Waals surface area contributed by atoms with E-state index >= 15 is 0 Å². The third kappa shape index (κ3) is 2.41. The lowest BCUT2D eigenvalue weighted by atomic mass is 9.98. The molecule has 1 aliphatic heterocycles. The first-order chi connectivity index (χ1) is 5.87. The van der Waals surface area contributed by atoms with Crippen LogP contribution >= 0.6 is 0 Å². The minimum atomic E-state index is -2.48.